The van der Waals surface area contributed by atoms with Crippen LogP contribution in [-0.4, -0.2) is 50.5 Å². The molecule has 3 atom stereocenters. The van der Waals surface area contributed by atoms with Gasteiger partial charge in [-0.1, -0.05) is 6.07 Å². The summed E-state index contributed by atoms with van der Waals surface area (Å²) >= 11 is 0. The van der Waals surface area contributed by atoms with Gasteiger partial charge in [0.2, 0.25) is 5.91 Å². The number of aromatic nitrogens is 3. The van der Waals surface area contributed by atoms with E-state index in [0.717, 1.165) is 63.3 Å². The molecule has 0 aromatic carbocycles. The molecule has 29 heavy (non-hydrogen) atoms. The number of nitrogens with one attached hydrogen (secondary N) is 3. The number of fused-ring (bicyclic) bond motifs is 1. The number of rotatable bonds is 4. The van der Waals surface area contributed by atoms with Gasteiger partial charge < -0.3 is 9.47 Å². The van der Waals surface area contributed by atoms with Crippen molar-refractivity contribution in [1.82, 2.24) is 35.8 Å². The van der Waals surface area contributed by atoms with Crippen LogP contribution in [0.2, 0.25) is 0 Å². The van der Waals surface area contributed by atoms with Crippen molar-refractivity contribution in [3.05, 3.63) is 48.3 Å². The highest BCUT2D eigenvalue weighted by Crippen LogP contribution is 2.31. The fraction of sp³-hybridized carbons (Fsp3) is 0.571. The van der Waals surface area contributed by atoms with Gasteiger partial charge in [-0.25, -0.2) is 15.8 Å². The zero-order valence-corrected chi connectivity index (χ0v) is 16.6. The Hall–Kier alpha value is -2.29. The number of nitrogens with zero attached hydrogens (tertiary/aromatic N) is 4. The van der Waals surface area contributed by atoms with Gasteiger partial charge in [0, 0.05) is 55.6 Å². The lowest BCUT2D eigenvalue weighted by molar-refractivity contribution is -0.138. The van der Waals surface area contributed by atoms with Gasteiger partial charge in [0.25, 0.3) is 0 Å². The number of likely N-dealkylation sites (tertiary alicyclic amines) is 1. The Kier molecular flexibility index (Phi) is 5.30. The lowest BCUT2D eigenvalue weighted by Gasteiger charge is -2.37. The molecule has 3 unspecified atom stereocenters. The molecule has 8 heteroatoms. The number of hydrogen-bond acceptors (Lipinski definition) is 6. The van der Waals surface area contributed by atoms with Gasteiger partial charge in [0.15, 0.2) is 0 Å². The highest BCUT2D eigenvalue weighted by Gasteiger charge is 2.38. The summed E-state index contributed by atoms with van der Waals surface area (Å²) in [6.07, 6.45) is 10.6. The predicted molar refractivity (Wildman–Crippen MR) is 108 cm³/mol. The van der Waals surface area contributed by atoms with E-state index >= 15 is 0 Å². The van der Waals surface area contributed by atoms with E-state index in [1.54, 1.807) is 0 Å². The molecule has 0 radical (unpaired) electrons. The standard InChI is InChI=1S/C21H29N7O/c29-21(16-4-5-18-19(13-16)25-26-24-18)27-10-6-15(7-11-27)20-23-9-12-28(20)14-17-3-1-2-8-22-17/h1-3,8-9,12,15-16,18-19,24-26H,4-7,10-11,13-14H2. The number of hydrogen-bond donors (Lipinski definition) is 3. The van der Waals surface area contributed by atoms with Crippen molar-refractivity contribution in [2.45, 2.75) is 56.7 Å². The second kappa shape index (κ2) is 8.22. The third-order valence-corrected chi connectivity index (χ3v) is 6.69. The molecular formula is C21H29N7O. The number of imidazole rings is 1. The molecule has 5 rings (SSSR count). The Labute approximate surface area is 171 Å². The molecule has 4 heterocycles. The first kappa shape index (κ1) is 18.7. The van der Waals surface area contributed by atoms with Crippen molar-refractivity contribution in [3.63, 3.8) is 0 Å². The summed E-state index contributed by atoms with van der Waals surface area (Å²) in [5.41, 5.74) is 10.5. The molecule has 3 N–H and O–H groups in total. The maximum absolute atomic E-state index is 13.1. The Balaban J connectivity index is 1.18. The van der Waals surface area contributed by atoms with Crippen molar-refractivity contribution in [2.24, 2.45) is 5.92 Å². The second-order valence-corrected chi connectivity index (χ2v) is 8.47. The van der Waals surface area contributed by atoms with Gasteiger partial charge in [0.05, 0.1) is 12.2 Å². The average molecular weight is 396 g/mol. The molecular weight excluding hydrogens is 366 g/mol. The van der Waals surface area contributed by atoms with Gasteiger partial charge in [-0.2, -0.15) is 5.53 Å². The fourth-order valence-electron chi connectivity index (χ4n) is 5.05. The summed E-state index contributed by atoms with van der Waals surface area (Å²) in [6.45, 7) is 2.40. The number of carbonyl (C=O) groups is 1. The van der Waals surface area contributed by atoms with Gasteiger partial charge in [0.1, 0.15) is 5.82 Å². The predicted octanol–water partition coefficient (Wildman–Crippen LogP) is 1.18. The van der Waals surface area contributed by atoms with Crippen molar-refractivity contribution >= 4 is 5.91 Å². The molecule has 0 bridgehead atoms. The minimum atomic E-state index is 0.146. The van der Waals surface area contributed by atoms with E-state index in [1.165, 1.54) is 0 Å². The van der Waals surface area contributed by atoms with Gasteiger partial charge >= 0.3 is 0 Å². The van der Waals surface area contributed by atoms with E-state index in [9.17, 15) is 4.79 Å². The van der Waals surface area contributed by atoms with Gasteiger partial charge in [-0.05, 0) is 44.2 Å². The number of amides is 1. The molecule has 0 spiro atoms. The Morgan fingerprint density at radius 2 is 1.90 bits per heavy atom. The van der Waals surface area contributed by atoms with Crippen LogP contribution in [-0.2, 0) is 11.3 Å². The monoisotopic (exact) mass is 395 g/mol. The average Bonchev–Trinajstić information content (AvgIpc) is 3.43. The van der Waals surface area contributed by atoms with Crippen LogP contribution in [0.5, 0.6) is 0 Å². The highest BCUT2D eigenvalue weighted by atomic mass is 16.2. The zero-order chi connectivity index (χ0) is 19.6. The number of carbonyl (C=O) groups excluding carboxylic acids is 1. The number of piperidine rings is 1. The molecule has 3 fully saturated rings. The summed E-state index contributed by atoms with van der Waals surface area (Å²) in [7, 11) is 0. The van der Waals surface area contributed by atoms with Gasteiger partial charge in [-0.3, -0.25) is 9.78 Å². The Morgan fingerprint density at radius 1 is 1.03 bits per heavy atom. The quantitative estimate of drug-likeness (QED) is 0.721. The van der Waals surface area contributed by atoms with Crippen LogP contribution in [0.4, 0.5) is 0 Å². The van der Waals surface area contributed by atoms with Crippen LogP contribution >= 0.6 is 0 Å². The Bertz CT molecular complexity index is 831. The largest absolute Gasteiger partial charge is 0.342 e. The van der Waals surface area contributed by atoms with Crippen LogP contribution in [0, 0.1) is 5.92 Å². The first-order chi connectivity index (χ1) is 14.3. The molecule has 8 nitrogen and oxygen atoms in total. The molecule has 3 aliphatic rings. The van der Waals surface area contributed by atoms with Crippen LogP contribution in [0.25, 0.3) is 0 Å². The van der Waals surface area contributed by atoms with E-state index in [2.05, 4.69) is 35.8 Å². The normalized spacial score (nSPS) is 27.7. The van der Waals surface area contributed by atoms with Crippen molar-refractivity contribution in [3.8, 4) is 0 Å². The summed E-state index contributed by atoms with van der Waals surface area (Å²) in [5.74, 6) is 2.01. The third kappa shape index (κ3) is 3.92. The third-order valence-electron chi connectivity index (χ3n) is 6.69. The zero-order valence-electron chi connectivity index (χ0n) is 16.6. The SMILES string of the molecule is O=C(C1CCC2NNNC2C1)N1CCC(c2nccn2Cc2ccccn2)CC1. The first-order valence-electron chi connectivity index (χ1n) is 10.7. The summed E-state index contributed by atoms with van der Waals surface area (Å²) in [5, 5.41) is 0. The van der Waals surface area contributed by atoms with E-state index in [-0.39, 0.29) is 5.92 Å². The van der Waals surface area contributed by atoms with Crippen LogP contribution < -0.4 is 16.4 Å². The minimum absolute atomic E-state index is 0.146. The van der Waals surface area contributed by atoms with Crippen molar-refractivity contribution in [1.29, 1.82) is 0 Å². The van der Waals surface area contributed by atoms with Crippen LogP contribution in [0.3, 0.4) is 0 Å². The van der Waals surface area contributed by atoms with Crippen molar-refractivity contribution in [2.75, 3.05) is 13.1 Å². The van der Waals surface area contributed by atoms with E-state index in [1.807, 2.05) is 36.8 Å². The molecule has 2 saturated heterocycles. The molecule has 1 amide bonds. The fourth-order valence-corrected chi connectivity index (χ4v) is 5.05. The number of hydrazine groups is 2. The highest BCUT2D eigenvalue weighted by molar-refractivity contribution is 5.79. The van der Waals surface area contributed by atoms with Gasteiger partial charge in [-0.15, -0.1) is 0 Å². The molecule has 1 saturated carbocycles. The smallest absolute Gasteiger partial charge is 0.225 e. The Morgan fingerprint density at radius 3 is 2.72 bits per heavy atom. The molecule has 2 aromatic heterocycles. The molecule has 154 valence electrons. The maximum Gasteiger partial charge on any atom is 0.225 e. The molecule has 2 aromatic rings. The summed E-state index contributed by atoms with van der Waals surface area (Å²) in [6, 6.07) is 6.80. The first-order valence-corrected chi connectivity index (χ1v) is 10.7. The lowest BCUT2D eigenvalue weighted by atomic mass is 9.82. The van der Waals surface area contributed by atoms with Crippen molar-refractivity contribution < 1.29 is 4.79 Å². The number of pyridine rings is 1. The summed E-state index contributed by atoms with van der Waals surface area (Å²) < 4.78 is 2.21. The van der Waals surface area contributed by atoms with E-state index < -0.39 is 0 Å². The topological polar surface area (TPSA) is 87.1 Å². The van der Waals surface area contributed by atoms with Crippen LogP contribution in [0.1, 0.15) is 49.5 Å². The summed E-state index contributed by atoms with van der Waals surface area (Å²) in [4.78, 5) is 24.2. The molecule has 1 aliphatic carbocycles. The lowest BCUT2D eigenvalue weighted by Crippen LogP contribution is -2.47. The minimum Gasteiger partial charge on any atom is -0.342 e. The maximum atomic E-state index is 13.1. The van der Waals surface area contributed by atoms with E-state index in [0.29, 0.717) is 23.9 Å². The van der Waals surface area contributed by atoms with Crippen LogP contribution in [0.15, 0.2) is 36.8 Å². The van der Waals surface area contributed by atoms with E-state index in [4.69, 9.17) is 0 Å². The second-order valence-electron chi connectivity index (χ2n) is 8.47. The molecule has 2 aliphatic heterocycles.